The van der Waals surface area contributed by atoms with Crippen molar-refractivity contribution in [3.05, 3.63) is 69.6 Å². The van der Waals surface area contributed by atoms with Gasteiger partial charge < -0.3 is 20.3 Å². The van der Waals surface area contributed by atoms with Crippen molar-refractivity contribution in [2.45, 2.75) is 57.0 Å². The van der Waals surface area contributed by atoms with E-state index in [0.717, 1.165) is 37.7 Å². The Morgan fingerprint density at radius 1 is 0.953 bits per heavy atom. The van der Waals surface area contributed by atoms with E-state index in [2.05, 4.69) is 67.4 Å². The first-order chi connectivity index (χ1) is 20.9. The Bertz CT molecular complexity index is 1550. The number of morpholine rings is 1. The molecule has 0 radical (unpaired) electrons. The molecule has 4 aromatic rings. The lowest BCUT2D eigenvalue weighted by molar-refractivity contribution is -0.122. The normalized spacial score (nSPS) is 19.1. The highest BCUT2D eigenvalue weighted by Crippen LogP contribution is 2.30. The number of alkyl halides is 2. The average Bonchev–Trinajstić information content (AvgIpc) is 3.42. The molecule has 3 heterocycles. The summed E-state index contributed by atoms with van der Waals surface area (Å²) in [6.07, 6.45) is 1.76. The van der Waals surface area contributed by atoms with Crippen molar-refractivity contribution >= 4 is 51.3 Å². The summed E-state index contributed by atoms with van der Waals surface area (Å²) in [5.41, 5.74) is 2.21. The molecular formula is C31H34F2IN7O2. The van der Waals surface area contributed by atoms with Crippen LogP contribution in [0.3, 0.4) is 0 Å². The third-order valence-corrected chi connectivity index (χ3v) is 8.74. The minimum absolute atomic E-state index is 0.0727. The number of nitrogens with one attached hydrogen (secondary N) is 2. The van der Waals surface area contributed by atoms with Gasteiger partial charge in [0.25, 0.3) is 6.43 Å². The molecule has 1 aliphatic carbocycles. The molecule has 2 aliphatic rings. The predicted molar refractivity (Wildman–Crippen MR) is 170 cm³/mol. The lowest BCUT2D eigenvalue weighted by Gasteiger charge is -2.31. The van der Waals surface area contributed by atoms with Crippen molar-refractivity contribution in [1.82, 2.24) is 24.8 Å². The lowest BCUT2D eigenvalue weighted by atomic mass is 9.91. The fraction of sp³-hybridized carbons (Fsp3) is 0.419. The van der Waals surface area contributed by atoms with Gasteiger partial charge in [-0.25, -0.2) is 13.8 Å². The van der Waals surface area contributed by atoms with Crippen LogP contribution in [0.25, 0.3) is 16.9 Å². The highest BCUT2D eigenvalue weighted by molar-refractivity contribution is 14.1. The van der Waals surface area contributed by atoms with Gasteiger partial charge in [-0.15, -0.1) is 0 Å². The third-order valence-electron chi connectivity index (χ3n) is 8.02. The maximum absolute atomic E-state index is 14.2. The van der Waals surface area contributed by atoms with Gasteiger partial charge in [0, 0.05) is 41.2 Å². The summed E-state index contributed by atoms with van der Waals surface area (Å²) >= 11 is 2.28. The molecule has 1 saturated heterocycles. The van der Waals surface area contributed by atoms with Crippen LogP contribution < -0.4 is 15.5 Å². The van der Waals surface area contributed by atoms with Crippen LogP contribution in [-0.2, 0) is 16.0 Å². The van der Waals surface area contributed by atoms with Crippen LogP contribution in [0.4, 0.5) is 20.5 Å². The van der Waals surface area contributed by atoms with Crippen LogP contribution in [0.1, 0.15) is 49.9 Å². The van der Waals surface area contributed by atoms with E-state index in [-0.39, 0.29) is 23.8 Å². The Balaban J connectivity index is 1.15. The summed E-state index contributed by atoms with van der Waals surface area (Å²) in [7, 11) is 0. The summed E-state index contributed by atoms with van der Waals surface area (Å²) in [6, 6.07) is 17.3. The molecule has 43 heavy (non-hydrogen) atoms. The zero-order valence-electron chi connectivity index (χ0n) is 23.7. The van der Waals surface area contributed by atoms with Gasteiger partial charge in [0.2, 0.25) is 11.9 Å². The fourth-order valence-electron chi connectivity index (χ4n) is 5.76. The molecule has 2 aromatic carbocycles. The second kappa shape index (κ2) is 13.5. The van der Waals surface area contributed by atoms with Gasteiger partial charge in [-0.1, -0.05) is 24.3 Å². The van der Waals surface area contributed by atoms with Crippen LogP contribution >= 0.6 is 22.6 Å². The number of ether oxygens (including phenoxy) is 1. The van der Waals surface area contributed by atoms with E-state index in [4.69, 9.17) is 14.7 Å². The molecule has 9 nitrogen and oxygen atoms in total. The number of hydrogen-bond acceptors (Lipinski definition) is 7. The second-order valence-electron chi connectivity index (χ2n) is 11.0. The maximum Gasteiger partial charge on any atom is 0.296 e. The number of rotatable bonds is 9. The Hall–Kier alpha value is -3.39. The minimum Gasteiger partial charge on any atom is -0.378 e. The molecule has 2 N–H and O–H groups in total. The molecule has 0 unspecified atom stereocenters. The molecule has 2 fully saturated rings. The van der Waals surface area contributed by atoms with Crippen LogP contribution in [-0.4, -0.2) is 63.8 Å². The molecule has 0 spiro atoms. The first-order valence-electron chi connectivity index (χ1n) is 14.7. The SMILES string of the molecule is O=C(CCc1ccc(I)cc1)NC1CCC(Nc2nc(N3CCOCC3)cc(-n3c(C(F)F)nc4ccccc43)n2)CC1. The van der Waals surface area contributed by atoms with Gasteiger partial charge in [0.05, 0.1) is 24.2 Å². The van der Waals surface area contributed by atoms with Crippen molar-refractivity contribution < 1.29 is 18.3 Å². The number of para-hydroxylation sites is 2. The zero-order chi connectivity index (χ0) is 29.8. The van der Waals surface area contributed by atoms with Crippen molar-refractivity contribution in [2.75, 3.05) is 36.5 Å². The van der Waals surface area contributed by atoms with Crippen molar-refractivity contribution in [1.29, 1.82) is 0 Å². The first kappa shape index (κ1) is 29.7. The van der Waals surface area contributed by atoms with E-state index in [1.807, 2.05) is 0 Å². The number of nitrogens with zero attached hydrogens (tertiary/aromatic N) is 5. The van der Waals surface area contributed by atoms with Gasteiger partial charge in [-0.2, -0.15) is 9.97 Å². The highest BCUT2D eigenvalue weighted by Gasteiger charge is 2.26. The number of carbonyl (C=O) groups is 1. The lowest BCUT2D eigenvalue weighted by Crippen LogP contribution is -2.40. The number of amides is 1. The Morgan fingerprint density at radius 3 is 2.40 bits per heavy atom. The van der Waals surface area contributed by atoms with Crippen molar-refractivity contribution in [3.63, 3.8) is 0 Å². The van der Waals surface area contributed by atoms with Crippen LogP contribution in [0, 0.1) is 3.57 Å². The van der Waals surface area contributed by atoms with Crippen molar-refractivity contribution in [3.8, 4) is 5.82 Å². The Morgan fingerprint density at radius 2 is 1.65 bits per heavy atom. The number of aryl methyl sites for hydroxylation is 1. The highest BCUT2D eigenvalue weighted by atomic mass is 127. The largest absolute Gasteiger partial charge is 0.378 e. The first-order valence-corrected chi connectivity index (χ1v) is 15.8. The average molecular weight is 702 g/mol. The molecule has 1 aliphatic heterocycles. The van der Waals surface area contributed by atoms with E-state index in [9.17, 15) is 13.6 Å². The smallest absolute Gasteiger partial charge is 0.296 e. The standard InChI is InChI=1S/C31H34F2IN7O2/c32-29(33)30-37-24-3-1-2-4-25(24)41(30)27-19-26(40-15-17-43-18-16-40)38-31(39-27)36-23-12-10-22(11-13-23)35-28(42)14-7-20-5-8-21(34)9-6-20/h1-6,8-9,19,22-23,29H,7,10-18H2,(H,35,42)(H,36,38,39). The number of halogens is 3. The monoisotopic (exact) mass is 701 g/mol. The number of benzene rings is 2. The van der Waals surface area contributed by atoms with Crippen LogP contribution in [0.2, 0.25) is 0 Å². The number of aromatic nitrogens is 4. The minimum atomic E-state index is -2.77. The third kappa shape index (κ3) is 7.23. The van der Waals surface area contributed by atoms with E-state index in [1.165, 1.54) is 8.14 Å². The predicted octanol–water partition coefficient (Wildman–Crippen LogP) is 5.67. The maximum atomic E-state index is 14.2. The van der Waals surface area contributed by atoms with Crippen LogP contribution in [0.15, 0.2) is 54.6 Å². The summed E-state index contributed by atoms with van der Waals surface area (Å²) < 4.78 is 36.4. The number of hydrogen-bond donors (Lipinski definition) is 2. The van der Waals surface area contributed by atoms with E-state index < -0.39 is 6.43 Å². The Kier molecular flexibility index (Phi) is 9.31. The second-order valence-corrected chi connectivity index (χ2v) is 12.2. The van der Waals surface area contributed by atoms with E-state index >= 15 is 0 Å². The molecule has 226 valence electrons. The number of imidazole rings is 1. The summed E-state index contributed by atoms with van der Waals surface area (Å²) in [5, 5.41) is 6.67. The summed E-state index contributed by atoms with van der Waals surface area (Å²) in [6.45, 7) is 2.44. The number of fused-ring (bicyclic) bond motifs is 1. The number of anilines is 2. The Labute approximate surface area is 262 Å². The summed E-state index contributed by atoms with van der Waals surface area (Å²) in [5.74, 6) is 1.11. The van der Waals surface area contributed by atoms with Crippen LogP contribution in [0.5, 0.6) is 0 Å². The quantitative estimate of drug-likeness (QED) is 0.217. The summed E-state index contributed by atoms with van der Waals surface area (Å²) in [4.78, 5) is 28.4. The number of carbonyl (C=O) groups excluding carboxylic acids is 1. The van der Waals surface area contributed by atoms with Gasteiger partial charge in [0.15, 0.2) is 5.82 Å². The molecule has 2 aromatic heterocycles. The molecule has 0 atom stereocenters. The van der Waals surface area contributed by atoms with Gasteiger partial charge in [0.1, 0.15) is 11.6 Å². The zero-order valence-corrected chi connectivity index (χ0v) is 25.8. The fourth-order valence-corrected chi connectivity index (χ4v) is 6.12. The molecule has 0 bridgehead atoms. The van der Waals surface area contributed by atoms with Gasteiger partial charge >= 0.3 is 0 Å². The molecular weight excluding hydrogens is 667 g/mol. The van der Waals surface area contributed by atoms with Gasteiger partial charge in [-0.3, -0.25) is 9.36 Å². The topological polar surface area (TPSA) is 97.2 Å². The van der Waals surface area contributed by atoms with E-state index in [0.29, 0.717) is 61.3 Å². The van der Waals surface area contributed by atoms with Crippen molar-refractivity contribution in [2.24, 2.45) is 0 Å². The molecule has 1 saturated carbocycles. The molecule has 12 heteroatoms. The molecule has 6 rings (SSSR count). The van der Waals surface area contributed by atoms with Gasteiger partial charge in [-0.05, 0) is 84.5 Å². The van der Waals surface area contributed by atoms with E-state index in [1.54, 1.807) is 30.3 Å². The molecule has 1 amide bonds.